The lowest BCUT2D eigenvalue weighted by Gasteiger charge is -2.16. The van der Waals surface area contributed by atoms with Crippen molar-refractivity contribution in [2.45, 2.75) is 32.4 Å². The third-order valence-electron chi connectivity index (χ3n) is 6.28. The highest BCUT2D eigenvalue weighted by Crippen LogP contribution is 2.32. The largest absolute Gasteiger partial charge is 0.470 e. The van der Waals surface area contributed by atoms with Crippen LogP contribution in [0.5, 0.6) is 5.88 Å². The van der Waals surface area contributed by atoms with Gasteiger partial charge in [-0.2, -0.15) is 4.52 Å². The predicted molar refractivity (Wildman–Crippen MR) is 127 cm³/mol. The van der Waals surface area contributed by atoms with Crippen LogP contribution in [0.1, 0.15) is 47.7 Å². The molecule has 4 aromatic rings. The van der Waals surface area contributed by atoms with Crippen molar-refractivity contribution in [2.24, 2.45) is 5.92 Å². The van der Waals surface area contributed by atoms with Gasteiger partial charge in [-0.1, -0.05) is 18.2 Å². The summed E-state index contributed by atoms with van der Waals surface area (Å²) in [5.74, 6) is 2.41. The first-order valence-electron chi connectivity index (χ1n) is 11.7. The molecule has 3 aromatic heterocycles. The van der Waals surface area contributed by atoms with Crippen LogP contribution in [0.25, 0.3) is 16.4 Å². The third-order valence-corrected chi connectivity index (χ3v) is 6.28. The third kappa shape index (κ3) is 4.17. The Hall–Kier alpha value is -4.05. The molecule has 1 fully saturated rings. The lowest BCUT2D eigenvalue weighted by molar-refractivity contribution is -0.0962. The molecule has 1 saturated carbocycles. The Morgan fingerprint density at radius 3 is 2.71 bits per heavy atom. The summed E-state index contributed by atoms with van der Waals surface area (Å²) in [7, 11) is 1.85. The molecule has 4 heterocycles. The number of allylic oxidation sites excluding steroid dienone is 1. The van der Waals surface area contributed by atoms with Crippen molar-refractivity contribution in [3.8, 4) is 5.88 Å². The average Bonchev–Trinajstić information content (AvgIpc) is 3.52. The van der Waals surface area contributed by atoms with Gasteiger partial charge in [0, 0.05) is 30.6 Å². The zero-order valence-electron chi connectivity index (χ0n) is 19.5. The Labute approximate surface area is 201 Å². The summed E-state index contributed by atoms with van der Waals surface area (Å²) in [4.78, 5) is 22.3. The molecule has 1 N–H and O–H groups in total. The van der Waals surface area contributed by atoms with Crippen molar-refractivity contribution in [1.82, 2.24) is 35.2 Å². The highest BCUT2D eigenvalue weighted by Gasteiger charge is 2.29. The van der Waals surface area contributed by atoms with Gasteiger partial charge in [0.2, 0.25) is 5.88 Å². The van der Waals surface area contributed by atoms with E-state index in [4.69, 9.17) is 14.7 Å². The Kier molecular flexibility index (Phi) is 5.29. The fraction of sp³-hybridized carbons (Fsp3) is 0.320. The molecular weight excluding hydrogens is 446 g/mol. The van der Waals surface area contributed by atoms with Gasteiger partial charge in [-0.25, -0.2) is 0 Å². The van der Waals surface area contributed by atoms with Gasteiger partial charge in [0.1, 0.15) is 18.4 Å². The fourth-order valence-corrected chi connectivity index (χ4v) is 4.19. The van der Waals surface area contributed by atoms with Crippen molar-refractivity contribution in [1.29, 1.82) is 0 Å². The first kappa shape index (κ1) is 21.5. The number of nitrogens with one attached hydrogen (secondary N) is 1. The molecule has 6 rings (SSSR count). The van der Waals surface area contributed by atoms with Crippen LogP contribution in [0.2, 0.25) is 0 Å². The lowest BCUT2D eigenvalue weighted by atomic mass is 10.2. The molecule has 35 heavy (non-hydrogen) atoms. The van der Waals surface area contributed by atoms with Gasteiger partial charge >= 0.3 is 0 Å². The van der Waals surface area contributed by atoms with E-state index in [0.29, 0.717) is 34.5 Å². The minimum atomic E-state index is -0.216. The van der Waals surface area contributed by atoms with Gasteiger partial charge in [0.15, 0.2) is 11.5 Å². The quantitative estimate of drug-likeness (QED) is 0.438. The molecule has 1 aliphatic heterocycles. The van der Waals surface area contributed by atoms with E-state index in [9.17, 15) is 4.79 Å². The summed E-state index contributed by atoms with van der Waals surface area (Å²) in [6.07, 6.45) is 5.95. The number of hydrogen-bond donors (Lipinski definition) is 1. The van der Waals surface area contributed by atoms with Gasteiger partial charge < -0.3 is 14.9 Å². The smallest absolute Gasteiger partial charge is 0.252 e. The summed E-state index contributed by atoms with van der Waals surface area (Å²) in [6, 6.07) is 11.2. The molecule has 178 valence electrons. The number of hydrogen-bond acceptors (Lipinski definition) is 8. The Morgan fingerprint density at radius 2 is 2.00 bits per heavy atom. The number of likely N-dealkylation sites (N-methyl/N-ethyl adjacent to an activating group) is 1. The second-order valence-corrected chi connectivity index (χ2v) is 8.98. The minimum absolute atomic E-state index is 0.0970. The van der Waals surface area contributed by atoms with E-state index < -0.39 is 0 Å². The van der Waals surface area contributed by atoms with Crippen molar-refractivity contribution in [3.63, 3.8) is 0 Å². The maximum absolute atomic E-state index is 12.3. The van der Waals surface area contributed by atoms with Crippen LogP contribution < -0.4 is 10.1 Å². The molecule has 1 aromatic carbocycles. The molecule has 0 spiro atoms. The van der Waals surface area contributed by atoms with Crippen LogP contribution in [0.15, 0.2) is 54.4 Å². The Balaban J connectivity index is 1.26. The highest BCUT2D eigenvalue weighted by molar-refractivity contribution is 5.96. The summed E-state index contributed by atoms with van der Waals surface area (Å²) < 4.78 is 7.83. The number of amides is 1. The van der Waals surface area contributed by atoms with E-state index in [1.807, 2.05) is 44.3 Å². The van der Waals surface area contributed by atoms with Crippen LogP contribution in [0.3, 0.4) is 0 Å². The van der Waals surface area contributed by atoms with Gasteiger partial charge in [0.05, 0.1) is 11.3 Å². The van der Waals surface area contributed by atoms with Gasteiger partial charge in [-0.3, -0.25) is 9.78 Å². The zero-order valence-corrected chi connectivity index (χ0v) is 19.5. The van der Waals surface area contributed by atoms with E-state index in [1.54, 1.807) is 27.9 Å². The average molecular weight is 472 g/mol. The molecular formula is C25H25N7O3. The second-order valence-electron chi connectivity index (χ2n) is 8.98. The molecule has 0 bridgehead atoms. The molecule has 2 aliphatic rings. The van der Waals surface area contributed by atoms with Crippen LogP contribution in [-0.4, -0.2) is 49.4 Å². The summed E-state index contributed by atoms with van der Waals surface area (Å²) in [6.45, 7) is 2.83. The van der Waals surface area contributed by atoms with E-state index >= 15 is 0 Å². The van der Waals surface area contributed by atoms with Crippen molar-refractivity contribution in [3.05, 3.63) is 71.5 Å². The molecule has 10 nitrogen and oxygen atoms in total. The van der Waals surface area contributed by atoms with Gasteiger partial charge in [0.25, 0.3) is 5.91 Å². The first-order chi connectivity index (χ1) is 17.1. The predicted octanol–water partition coefficient (Wildman–Crippen LogP) is 3.21. The summed E-state index contributed by atoms with van der Waals surface area (Å²) in [5.41, 5.74) is 1.88. The number of fused-ring (bicyclic) bond motifs is 3. The topological polar surface area (TPSA) is 107 Å². The van der Waals surface area contributed by atoms with Gasteiger partial charge in [-0.05, 0) is 50.0 Å². The van der Waals surface area contributed by atoms with Crippen molar-refractivity contribution >= 4 is 22.3 Å². The van der Waals surface area contributed by atoms with E-state index in [2.05, 4.69) is 20.5 Å². The highest BCUT2D eigenvalue weighted by atomic mass is 16.7. The first-order valence-corrected chi connectivity index (χ1v) is 11.7. The van der Waals surface area contributed by atoms with E-state index in [0.717, 1.165) is 23.1 Å². The van der Waals surface area contributed by atoms with E-state index in [-0.39, 0.29) is 18.6 Å². The second kappa shape index (κ2) is 8.62. The monoisotopic (exact) mass is 471 g/mol. The number of ether oxygens (including phenoxy) is 1. The number of nitrogens with zero attached hydrogens (tertiary/aromatic N) is 6. The standard InChI is InChI=1S/C25H25N7O3/c1-15-11-21(31(2)35-15)23-29-28-22-19-5-3-4-6-20(19)25(30-32(22)23)34-14-18-10-9-17(13-26-18)24(33)27-12-16-7-8-16/h3-6,9-11,13,16,21H,7-8,12,14H2,1-2H3,(H,27,33). The lowest BCUT2D eigenvalue weighted by Crippen LogP contribution is -2.25. The minimum Gasteiger partial charge on any atom is -0.470 e. The van der Waals surface area contributed by atoms with Crippen LogP contribution >= 0.6 is 0 Å². The van der Waals surface area contributed by atoms with E-state index in [1.165, 1.54) is 12.8 Å². The number of benzene rings is 1. The molecule has 10 heteroatoms. The van der Waals surface area contributed by atoms with Crippen LogP contribution in [0.4, 0.5) is 0 Å². The molecule has 1 aliphatic carbocycles. The fourth-order valence-electron chi connectivity index (χ4n) is 4.19. The number of rotatable bonds is 7. The Morgan fingerprint density at radius 1 is 1.17 bits per heavy atom. The molecule has 1 unspecified atom stereocenters. The van der Waals surface area contributed by atoms with Crippen LogP contribution in [0, 0.1) is 5.92 Å². The maximum atomic E-state index is 12.3. The van der Waals surface area contributed by atoms with Gasteiger partial charge in [-0.15, -0.1) is 20.4 Å². The molecule has 1 amide bonds. The number of carbonyl (C=O) groups is 1. The SMILES string of the molecule is CC1=CC(c2nnc3c4ccccc4c(OCc4ccc(C(=O)NCC5CC5)cn4)nn23)N(C)O1. The molecule has 0 saturated heterocycles. The number of aromatic nitrogens is 5. The number of hydroxylamine groups is 2. The zero-order chi connectivity index (χ0) is 23.9. The summed E-state index contributed by atoms with van der Waals surface area (Å²) in [5, 5.41) is 19.9. The molecule has 0 radical (unpaired) electrons. The summed E-state index contributed by atoms with van der Waals surface area (Å²) >= 11 is 0. The number of pyridine rings is 1. The normalized spacial score (nSPS) is 18.0. The maximum Gasteiger partial charge on any atom is 0.252 e. The Bertz CT molecular complexity index is 1440. The van der Waals surface area contributed by atoms with Crippen LogP contribution in [-0.2, 0) is 11.4 Å². The molecule has 1 atom stereocenters. The van der Waals surface area contributed by atoms with Crippen molar-refractivity contribution < 1.29 is 14.4 Å². The van der Waals surface area contributed by atoms with Crippen molar-refractivity contribution in [2.75, 3.05) is 13.6 Å². The number of carbonyl (C=O) groups excluding carboxylic acids is 1.